The van der Waals surface area contributed by atoms with E-state index in [0.29, 0.717) is 30.3 Å². The van der Waals surface area contributed by atoms with Gasteiger partial charge in [0.2, 0.25) is 10.0 Å². The molecule has 0 fully saturated rings. The van der Waals surface area contributed by atoms with Crippen molar-refractivity contribution in [3.05, 3.63) is 23.8 Å². The molecule has 0 atom stereocenters. The van der Waals surface area contributed by atoms with Crippen LogP contribution in [0.3, 0.4) is 0 Å². The molecule has 0 radical (unpaired) electrons. The minimum atomic E-state index is -3.56. The molecule has 1 aromatic carbocycles. The highest BCUT2D eigenvalue weighted by Gasteiger charge is 2.17. The highest BCUT2D eigenvalue weighted by atomic mass is 32.2. The number of ether oxygens (including phenoxy) is 2. The summed E-state index contributed by atoms with van der Waals surface area (Å²) >= 11 is 0. The molecule has 5 nitrogen and oxygen atoms in total. The Hall–Kier alpha value is -1.27. The lowest BCUT2D eigenvalue weighted by Gasteiger charge is -2.11. The summed E-state index contributed by atoms with van der Waals surface area (Å²) in [4.78, 5) is 0. The first-order valence-electron chi connectivity index (χ1n) is 4.94. The molecule has 1 aliphatic heterocycles. The monoisotopic (exact) mass is 243 g/mol. The van der Waals surface area contributed by atoms with Gasteiger partial charge in [0.15, 0.2) is 11.5 Å². The summed E-state index contributed by atoms with van der Waals surface area (Å²) in [6.07, 6.45) is 0.781. The van der Waals surface area contributed by atoms with Crippen LogP contribution in [0.4, 0.5) is 0 Å². The number of primary sulfonamides is 1. The van der Waals surface area contributed by atoms with Crippen LogP contribution < -0.4 is 14.6 Å². The van der Waals surface area contributed by atoms with E-state index in [9.17, 15) is 8.42 Å². The van der Waals surface area contributed by atoms with E-state index in [1.165, 1.54) is 0 Å². The van der Waals surface area contributed by atoms with Crippen LogP contribution in [0.15, 0.2) is 18.2 Å². The lowest BCUT2D eigenvalue weighted by atomic mass is 10.2. The molecule has 0 unspecified atom stereocenters. The fourth-order valence-corrected chi connectivity index (χ4v) is 2.25. The predicted octanol–water partition coefficient (Wildman–Crippen LogP) is 0.636. The number of hydrogen-bond donors (Lipinski definition) is 1. The van der Waals surface area contributed by atoms with Gasteiger partial charge in [-0.25, -0.2) is 13.6 Å². The van der Waals surface area contributed by atoms with Gasteiger partial charge >= 0.3 is 0 Å². The highest BCUT2D eigenvalue weighted by molar-refractivity contribution is 7.88. The van der Waals surface area contributed by atoms with Crippen molar-refractivity contribution in [3.8, 4) is 11.5 Å². The largest absolute Gasteiger partial charge is 0.490 e. The molecule has 0 saturated heterocycles. The summed E-state index contributed by atoms with van der Waals surface area (Å²) in [5, 5.41) is 5.02. The number of para-hydroxylation sites is 1. The molecule has 2 N–H and O–H groups in total. The maximum atomic E-state index is 11.1. The maximum Gasteiger partial charge on any atom is 0.213 e. The van der Waals surface area contributed by atoms with E-state index in [1.807, 2.05) is 0 Å². The molecule has 0 saturated carbocycles. The van der Waals surface area contributed by atoms with Gasteiger partial charge in [-0.1, -0.05) is 12.1 Å². The molecule has 1 aromatic rings. The van der Waals surface area contributed by atoms with Crippen molar-refractivity contribution >= 4 is 10.0 Å². The molecular formula is C10H13NO4S. The molecule has 0 bridgehead atoms. The van der Waals surface area contributed by atoms with Crippen LogP contribution in [-0.4, -0.2) is 21.6 Å². The number of sulfonamides is 1. The van der Waals surface area contributed by atoms with E-state index < -0.39 is 10.0 Å². The molecule has 88 valence electrons. The Morgan fingerprint density at radius 3 is 2.75 bits per heavy atom. The number of rotatable bonds is 2. The van der Waals surface area contributed by atoms with E-state index in [2.05, 4.69) is 0 Å². The van der Waals surface area contributed by atoms with Crippen molar-refractivity contribution in [2.45, 2.75) is 12.2 Å². The van der Waals surface area contributed by atoms with Crippen LogP contribution in [0.2, 0.25) is 0 Å². The molecular weight excluding hydrogens is 230 g/mol. The maximum absolute atomic E-state index is 11.1. The summed E-state index contributed by atoms with van der Waals surface area (Å²) in [6, 6.07) is 5.17. The quantitative estimate of drug-likeness (QED) is 0.826. The van der Waals surface area contributed by atoms with E-state index in [1.54, 1.807) is 18.2 Å². The van der Waals surface area contributed by atoms with E-state index >= 15 is 0 Å². The topological polar surface area (TPSA) is 78.6 Å². The smallest absolute Gasteiger partial charge is 0.213 e. The van der Waals surface area contributed by atoms with Gasteiger partial charge in [0.1, 0.15) is 0 Å². The van der Waals surface area contributed by atoms with Crippen molar-refractivity contribution in [3.63, 3.8) is 0 Å². The normalized spacial score (nSPS) is 15.6. The van der Waals surface area contributed by atoms with Gasteiger partial charge in [-0.05, 0) is 6.07 Å². The summed E-state index contributed by atoms with van der Waals surface area (Å²) in [5.74, 6) is 0.840. The predicted molar refractivity (Wildman–Crippen MR) is 58.9 cm³/mol. The third-order valence-electron chi connectivity index (χ3n) is 2.21. The number of nitrogens with two attached hydrogens (primary N) is 1. The Morgan fingerprint density at radius 1 is 1.25 bits per heavy atom. The second-order valence-corrected chi connectivity index (χ2v) is 5.22. The molecule has 0 spiro atoms. The van der Waals surface area contributed by atoms with Gasteiger partial charge in [0.25, 0.3) is 0 Å². The Bertz CT molecular complexity index is 484. The second-order valence-electron chi connectivity index (χ2n) is 3.60. The SMILES string of the molecule is NS(=O)(=O)Cc1cccc2c1OCCCO2. The summed E-state index contributed by atoms with van der Waals surface area (Å²) < 4.78 is 33.0. The summed E-state index contributed by atoms with van der Waals surface area (Å²) in [7, 11) is -3.56. The molecule has 0 aliphatic carbocycles. The third kappa shape index (κ3) is 2.65. The first-order valence-corrected chi connectivity index (χ1v) is 6.66. The number of hydrogen-bond acceptors (Lipinski definition) is 4. The average molecular weight is 243 g/mol. The first kappa shape index (κ1) is 11.2. The Labute approximate surface area is 94.2 Å². The van der Waals surface area contributed by atoms with E-state index in [0.717, 1.165) is 6.42 Å². The molecule has 2 rings (SSSR count). The van der Waals surface area contributed by atoms with Gasteiger partial charge in [0, 0.05) is 12.0 Å². The van der Waals surface area contributed by atoms with Crippen molar-refractivity contribution in [2.24, 2.45) is 5.14 Å². The molecule has 0 aromatic heterocycles. The van der Waals surface area contributed by atoms with Crippen molar-refractivity contribution in [2.75, 3.05) is 13.2 Å². The minimum absolute atomic E-state index is 0.237. The van der Waals surface area contributed by atoms with Crippen LogP contribution in [0, 0.1) is 0 Å². The van der Waals surface area contributed by atoms with Gasteiger partial charge in [-0.15, -0.1) is 0 Å². The van der Waals surface area contributed by atoms with Gasteiger partial charge < -0.3 is 9.47 Å². The molecule has 1 aliphatic rings. The summed E-state index contributed by atoms with van der Waals surface area (Å²) in [5.41, 5.74) is 0.543. The van der Waals surface area contributed by atoms with Crippen molar-refractivity contribution in [1.82, 2.24) is 0 Å². The van der Waals surface area contributed by atoms with Crippen molar-refractivity contribution < 1.29 is 17.9 Å². The zero-order valence-corrected chi connectivity index (χ0v) is 9.50. The lowest BCUT2D eigenvalue weighted by molar-refractivity contribution is 0.296. The van der Waals surface area contributed by atoms with Crippen molar-refractivity contribution in [1.29, 1.82) is 0 Å². The van der Waals surface area contributed by atoms with Gasteiger partial charge in [-0.3, -0.25) is 0 Å². The molecule has 6 heteroatoms. The molecule has 16 heavy (non-hydrogen) atoms. The fourth-order valence-electron chi connectivity index (χ4n) is 1.58. The zero-order chi connectivity index (χ0) is 11.6. The minimum Gasteiger partial charge on any atom is -0.490 e. The second kappa shape index (κ2) is 4.31. The van der Waals surface area contributed by atoms with Gasteiger partial charge in [0.05, 0.1) is 19.0 Å². The van der Waals surface area contributed by atoms with Gasteiger partial charge in [-0.2, -0.15) is 0 Å². The van der Waals surface area contributed by atoms with Crippen LogP contribution in [-0.2, 0) is 15.8 Å². The van der Waals surface area contributed by atoms with Crippen LogP contribution >= 0.6 is 0 Å². The zero-order valence-electron chi connectivity index (χ0n) is 8.68. The van der Waals surface area contributed by atoms with Crippen LogP contribution in [0.5, 0.6) is 11.5 Å². The number of fused-ring (bicyclic) bond motifs is 1. The lowest BCUT2D eigenvalue weighted by Crippen LogP contribution is -2.15. The van der Waals surface area contributed by atoms with Crippen LogP contribution in [0.25, 0.3) is 0 Å². The summed E-state index contributed by atoms with van der Waals surface area (Å²) in [6.45, 7) is 1.10. The highest BCUT2D eigenvalue weighted by Crippen LogP contribution is 2.33. The molecule has 1 heterocycles. The first-order chi connectivity index (χ1) is 7.56. The third-order valence-corrected chi connectivity index (χ3v) is 2.92. The van der Waals surface area contributed by atoms with E-state index in [-0.39, 0.29) is 5.75 Å². The molecule has 0 amide bonds. The Morgan fingerprint density at radius 2 is 2.00 bits per heavy atom. The van der Waals surface area contributed by atoms with E-state index in [4.69, 9.17) is 14.6 Å². The Kier molecular flexibility index (Phi) is 3.02. The standard InChI is InChI=1S/C10H13NO4S/c11-16(12,13)7-8-3-1-4-9-10(8)15-6-2-5-14-9/h1,3-4H,2,5-7H2,(H2,11,12,13). The fraction of sp³-hybridized carbons (Fsp3) is 0.400. The Balaban J connectivity index is 2.39. The van der Waals surface area contributed by atoms with Crippen LogP contribution in [0.1, 0.15) is 12.0 Å². The average Bonchev–Trinajstić information content (AvgIpc) is 2.41. The number of benzene rings is 1.